The van der Waals surface area contributed by atoms with Gasteiger partial charge in [-0.1, -0.05) is 25.1 Å². The standard InChI is InChI=1S/C20H21NO4/c1-14-11-16(20(23)24)13-21(12-14)19(22)15-7-9-18(10-8-15)25-17-5-3-2-4-6-17/h2-10,14,16H,11-13H2,1H3,(H,23,24). The van der Waals surface area contributed by atoms with Crippen molar-refractivity contribution in [3.63, 3.8) is 0 Å². The lowest BCUT2D eigenvalue weighted by atomic mass is 9.90. The Balaban J connectivity index is 1.69. The van der Waals surface area contributed by atoms with Crippen molar-refractivity contribution in [3.05, 3.63) is 60.2 Å². The van der Waals surface area contributed by atoms with Crippen molar-refractivity contribution in [2.75, 3.05) is 13.1 Å². The summed E-state index contributed by atoms with van der Waals surface area (Å²) in [6.07, 6.45) is 0.614. The molecule has 130 valence electrons. The maximum Gasteiger partial charge on any atom is 0.308 e. The van der Waals surface area contributed by atoms with Gasteiger partial charge in [-0.25, -0.2) is 0 Å². The zero-order chi connectivity index (χ0) is 17.8. The number of hydrogen-bond donors (Lipinski definition) is 1. The molecule has 0 saturated carbocycles. The van der Waals surface area contributed by atoms with Gasteiger partial charge < -0.3 is 14.7 Å². The van der Waals surface area contributed by atoms with E-state index < -0.39 is 11.9 Å². The predicted octanol–water partition coefficient (Wildman–Crippen LogP) is 3.66. The zero-order valence-electron chi connectivity index (χ0n) is 14.1. The highest BCUT2D eigenvalue weighted by Crippen LogP contribution is 2.25. The summed E-state index contributed by atoms with van der Waals surface area (Å²) in [5.41, 5.74) is 0.540. The number of benzene rings is 2. The number of aliphatic carboxylic acids is 1. The van der Waals surface area contributed by atoms with E-state index in [1.54, 1.807) is 29.2 Å². The Hall–Kier alpha value is -2.82. The monoisotopic (exact) mass is 339 g/mol. The summed E-state index contributed by atoms with van der Waals surface area (Å²) in [5, 5.41) is 9.25. The smallest absolute Gasteiger partial charge is 0.308 e. The third kappa shape index (κ3) is 4.18. The molecule has 0 aliphatic carbocycles. The first kappa shape index (κ1) is 17.0. The second-order valence-corrected chi connectivity index (χ2v) is 6.53. The van der Waals surface area contributed by atoms with Crippen LogP contribution in [0.15, 0.2) is 54.6 Å². The SMILES string of the molecule is CC1CC(C(=O)O)CN(C(=O)c2ccc(Oc3ccccc3)cc2)C1. The molecule has 5 heteroatoms. The van der Waals surface area contributed by atoms with Gasteiger partial charge in [-0.3, -0.25) is 9.59 Å². The number of ether oxygens (including phenoxy) is 1. The molecule has 0 spiro atoms. The van der Waals surface area contributed by atoms with Gasteiger partial charge in [-0.05, 0) is 48.7 Å². The van der Waals surface area contributed by atoms with Crippen molar-refractivity contribution in [3.8, 4) is 11.5 Å². The topological polar surface area (TPSA) is 66.8 Å². The molecule has 0 radical (unpaired) electrons. The molecule has 5 nitrogen and oxygen atoms in total. The van der Waals surface area contributed by atoms with Gasteiger partial charge in [-0.15, -0.1) is 0 Å². The van der Waals surface area contributed by atoms with E-state index in [4.69, 9.17) is 4.74 Å². The first-order valence-electron chi connectivity index (χ1n) is 8.38. The molecule has 1 fully saturated rings. The summed E-state index contributed by atoms with van der Waals surface area (Å²) >= 11 is 0. The van der Waals surface area contributed by atoms with Gasteiger partial charge in [0.1, 0.15) is 11.5 Å². The molecule has 0 aromatic heterocycles. The second-order valence-electron chi connectivity index (χ2n) is 6.53. The zero-order valence-corrected chi connectivity index (χ0v) is 14.1. The molecule has 2 unspecified atom stereocenters. The molecule has 2 aromatic carbocycles. The van der Waals surface area contributed by atoms with Gasteiger partial charge in [0, 0.05) is 18.7 Å². The highest BCUT2D eigenvalue weighted by atomic mass is 16.5. The Morgan fingerprint density at radius 3 is 2.28 bits per heavy atom. The van der Waals surface area contributed by atoms with Crippen LogP contribution in [0.1, 0.15) is 23.7 Å². The lowest BCUT2D eigenvalue weighted by Gasteiger charge is -2.34. The van der Waals surface area contributed by atoms with Crippen molar-refractivity contribution in [2.45, 2.75) is 13.3 Å². The van der Waals surface area contributed by atoms with E-state index in [0.717, 1.165) is 5.75 Å². The van der Waals surface area contributed by atoms with Gasteiger partial charge in [0.15, 0.2) is 0 Å². The van der Waals surface area contributed by atoms with Gasteiger partial charge >= 0.3 is 5.97 Å². The molecule has 1 aliphatic heterocycles. The Bertz CT molecular complexity index is 742. The Morgan fingerprint density at radius 1 is 1.00 bits per heavy atom. The first-order valence-corrected chi connectivity index (χ1v) is 8.38. The van der Waals surface area contributed by atoms with Crippen LogP contribution in [0.4, 0.5) is 0 Å². The van der Waals surface area contributed by atoms with Crippen LogP contribution in [-0.2, 0) is 4.79 Å². The number of rotatable bonds is 4. The normalized spacial score (nSPS) is 20.1. The first-order chi connectivity index (χ1) is 12.0. The maximum atomic E-state index is 12.7. The van der Waals surface area contributed by atoms with Crippen LogP contribution >= 0.6 is 0 Å². The van der Waals surface area contributed by atoms with Crippen LogP contribution in [0, 0.1) is 11.8 Å². The van der Waals surface area contributed by atoms with Gasteiger partial charge in [0.2, 0.25) is 0 Å². The number of amides is 1. The Morgan fingerprint density at radius 2 is 1.64 bits per heavy atom. The maximum absolute atomic E-state index is 12.7. The van der Waals surface area contributed by atoms with Crippen LogP contribution in [0.2, 0.25) is 0 Å². The Kier molecular flexibility index (Phi) is 5.03. The van der Waals surface area contributed by atoms with Crippen molar-refractivity contribution >= 4 is 11.9 Å². The minimum atomic E-state index is -0.837. The molecule has 1 aliphatic rings. The van der Waals surface area contributed by atoms with E-state index in [0.29, 0.717) is 24.3 Å². The molecule has 2 atom stereocenters. The number of likely N-dealkylation sites (tertiary alicyclic amines) is 1. The van der Waals surface area contributed by atoms with E-state index >= 15 is 0 Å². The van der Waals surface area contributed by atoms with E-state index in [-0.39, 0.29) is 18.4 Å². The highest BCUT2D eigenvalue weighted by molar-refractivity contribution is 5.94. The number of piperidine rings is 1. The summed E-state index contributed by atoms with van der Waals surface area (Å²) in [7, 11) is 0. The second kappa shape index (κ2) is 7.38. The van der Waals surface area contributed by atoms with E-state index in [1.165, 1.54) is 0 Å². The summed E-state index contributed by atoms with van der Waals surface area (Å²) in [6, 6.07) is 16.4. The number of carboxylic acid groups (broad SMARTS) is 1. The molecule has 1 N–H and O–H groups in total. The largest absolute Gasteiger partial charge is 0.481 e. The minimum Gasteiger partial charge on any atom is -0.481 e. The average molecular weight is 339 g/mol. The molecule has 25 heavy (non-hydrogen) atoms. The fourth-order valence-electron chi connectivity index (χ4n) is 3.17. The van der Waals surface area contributed by atoms with E-state index in [1.807, 2.05) is 37.3 Å². The lowest BCUT2D eigenvalue weighted by Crippen LogP contribution is -2.45. The molecule has 1 amide bonds. The number of carbonyl (C=O) groups is 2. The van der Waals surface area contributed by atoms with Crippen molar-refractivity contribution in [1.29, 1.82) is 0 Å². The van der Waals surface area contributed by atoms with Crippen LogP contribution < -0.4 is 4.74 Å². The summed E-state index contributed by atoms with van der Waals surface area (Å²) in [4.78, 5) is 25.6. The average Bonchev–Trinajstić information content (AvgIpc) is 2.62. The number of hydrogen-bond acceptors (Lipinski definition) is 3. The Labute approximate surface area is 146 Å². The number of para-hydroxylation sites is 1. The van der Waals surface area contributed by atoms with E-state index in [9.17, 15) is 14.7 Å². The van der Waals surface area contributed by atoms with E-state index in [2.05, 4.69) is 0 Å². The van der Waals surface area contributed by atoms with Crippen molar-refractivity contribution in [1.82, 2.24) is 4.90 Å². The van der Waals surface area contributed by atoms with Gasteiger partial charge in [-0.2, -0.15) is 0 Å². The predicted molar refractivity (Wildman–Crippen MR) is 93.8 cm³/mol. The number of nitrogens with zero attached hydrogens (tertiary/aromatic N) is 1. The fraction of sp³-hybridized carbons (Fsp3) is 0.300. The van der Waals surface area contributed by atoms with Crippen LogP contribution in [0.25, 0.3) is 0 Å². The quantitative estimate of drug-likeness (QED) is 0.923. The fourth-order valence-corrected chi connectivity index (χ4v) is 3.17. The molecule has 1 saturated heterocycles. The lowest BCUT2D eigenvalue weighted by molar-refractivity contribution is -0.143. The molecular formula is C20H21NO4. The summed E-state index contributed by atoms with van der Waals surface area (Å²) < 4.78 is 5.72. The molecule has 1 heterocycles. The van der Waals surface area contributed by atoms with Crippen molar-refractivity contribution in [2.24, 2.45) is 11.8 Å². The minimum absolute atomic E-state index is 0.135. The van der Waals surface area contributed by atoms with Crippen LogP contribution in [0.3, 0.4) is 0 Å². The summed E-state index contributed by atoms with van der Waals surface area (Å²) in [6.45, 7) is 2.83. The number of carbonyl (C=O) groups excluding carboxylic acids is 1. The van der Waals surface area contributed by atoms with Crippen LogP contribution in [0.5, 0.6) is 11.5 Å². The highest BCUT2D eigenvalue weighted by Gasteiger charge is 2.32. The molecule has 3 rings (SSSR count). The van der Waals surface area contributed by atoms with Crippen LogP contribution in [-0.4, -0.2) is 35.0 Å². The third-order valence-corrected chi connectivity index (χ3v) is 4.38. The van der Waals surface area contributed by atoms with Gasteiger partial charge in [0.05, 0.1) is 5.92 Å². The molecule has 2 aromatic rings. The summed E-state index contributed by atoms with van der Waals surface area (Å²) in [5.74, 6) is 0.0989. The number of carboxylic acids is 1. The third-order valence-electron chi connectivity index (χ3n) is 4.38. The molecular weight excluding hydrogens is 318 g/mol. The molecule has 0 bridgehead atoms. The van der Waals surface area contributed by atoms with Gasteiger partial charge in [0.25, 0.3) is 5.91 Å². The van der Waals surface area contributed by atoms with Crippen molar-refractivity contribution < 1.29 is 19.4 Å².